The molecule has 8 unspecified atom stereocenters. The number of hydrogen-bond donors (Lipinski definition) is 0. The van der Waals surface area contributed by atoms with Gasteiger partial charge in [0.05, 0.1) is 35.0 Å². The molecular formula is C34H26N2O4. The van der Waals surface area contributed by atoms with Crippen LogP contribution >= 0.6 is 0 Å². The summed E-state index contributed by atoms with van der Waals surface area (Å²) in [6, 6.07) is 14.6. The van der Waals surface area contributed by atoms with Gasteiger partial charge in [-0.3, -0.25) is 19.2 Å². The lowest BCUT2D eigenvalue weighted by atomic mass is 9.85. The van der Waals surface area contributed by atoms with Crippen LogP contribution in [-0.4, -0.2) is 23.6 Å². The number of allylic oxidation sites excluding steroid dienone is 5. The number of rotatable bonds is 3. The third-order valence-electron chi connectivity index (χ3n) is 9.75. The predicted molar refractivity (Wildman–Crippen MR) is 149 cm³/mol. The summed E-state index contributed by atoms with van der Waals surface area (Å²) in [5.74, 6) is 5.57. The molecule has 2 heterocycles. The summed E-state index contributed by atoms with van der Waals surface area (Å²) in [4.78, 5) is 55.3. The predicted octanol–water partition coefficient (Wildman–Crippen LogP) is 4.37. The number of benzene rings is 2. The summed E-state index contributed by atoms with van der Waals surface area (Å²) in [7, 11) is 0. The molecule has 2 saturated heterocycles. The van der Waals surface area contributed by atoms with Gasteiger partial charge in [0.2, 0.25) is 23.6 Å². The zero-order valence-corrected chi connectivity index (χ0v) is 21.6. The molecule has 0 radical (unpaired) electrons. The first-order valence-electron chi connectivity index (χ1n) is 14.0. The summed E-state index contributed by atoms with van der Waals surface area (Å²) >= 11 is 0. The summed E-state index contributed by atoms with van der Waals surface area (Å²) < 4.78 is 0. The molecule has 4 amide bonds. The van der Waals surface area contributed by atoms with Gasteiger partial charge in [-0.1, -0.05) is 54.3 Å². The van der Waals surface area contributed by atoms with Gasteiger partial charge >= 0.3 is 0 Å². The summed E-state index contributed by atoms with van der Waals surface area (Å²) in [6.07, 6.45) is 13.8. The van der Waals surface area contributed by atoms with Crippen LogP contribution in [-0.2, 0) is 19.2 Å². The van der Waals surface area contributed by atoms with E-state index in [1.54, 1.807) is 24.3 Å². The van der Waals surface area contributed by atoms with Crippen LogP contribution < -0.4 is 9.80 Å². The van der Waals surface area contributed by atoms with Gasteiger partial charge < -0.3 is 0 Å². The smallest absolute Gasteiger partial charge is 0.238 e. The van der Waals surface area contributed by atoms with E-state index in [-0.39, 0.29) is 71.0 Å². The first-order valence-corrected chi connectivity index (χ1v) is 14.0. The van der Waals surface area contributed by atoms with Crippen molar-refractivity contribution in [3.05, 3.63) is 90.0 Å². The minimum absolute atomic E-state index is 0.0878. The van der Waals surface area contributed by atoms with E-state index in [2.05, 4.69) is 36.1 Å². The number of imide groups is 2. The SMILES string of the molecule is O=C1C2C3C=CC(C3)C2C(=O)N1c1cccc(C#C/C=C/c2cccc(N3C(=O)C4C5C=CC(C5)C4C3=O)c2)c1. The number of fused-ring (bicyclic) bond motifs is 10. The zero-order valence-electron chi connectivity index (χ0n) is 21.6. The molecule has 4 bridgehead atoms. The second kappa shape index (κ2) is 8.50. The largest absolute Gasteiger partial charge is 0.274 e. The number of carbonyl (C=O) groups excluding carboxylic acids is 4. The van der Waals surface area contributed by atoms with Crippen molar-refractivity contribution in [2.24, 2.45) is 47.3 Å². The van der Waals surface area contributed by atoms with Gasteiger partial charge in [-0.05, 0) is 84.6 Å². The van der Waals surface area contributed by atoms with Gasteiger partial charge in [-0.15, -0.1) is 0 Å². The van der Waals surface area contributed by atoms with Gasteiger partial charge in [-0.2, -0.15) is 0 Å². The quantitative estimate of drug-likeness (QED) is 0.338. The highest BCUT2D eigenvalue weighted by atomic mass is 16.2. The summed E-state index contributed by atoms with van der Waals surface area (Å²) in [5, 5.41) is 0. The Labute approximate surface area is 232 Å². The third kappa shape index (κ3) is 3.24. The number of hydrogen-bond acceptors (Lipinski definition) is 4. The lowest BCUT2D eigenvalue weighted by Crippen LogP contribution is -2.32. The van der Waals surface area contributed by atoms with Crippen LogP contribution in [0.2, 0.25) is 0 Å². The minimum atomic E-state index is -0.228. The second-order valence-corrected chi connectivity index (χ2v) is 11.8. The van der Waals surface area contributed by atoms with Crippen LogP contribution in [0.25, 0.3) is 6.08 Å². The molecule has 196 valence electrons. The highest BCUT2D eigenvalue weighted by Gasteiger charge is 2.60. The van der Waals surface area contributed by atoms with E-state index in [1.165, 1.54) is 9.80 Å². The first-order chi connectivity index (χ1) is 19.5. The van der Waals surface area contributed by atoms with Gasteiger partial charge in [0.1, 0.15) is 0 Å². The van der Waals surface area contributed by atoms with E-state index in [4.69, 9.17) is 0 Å². The number of carbonyl (C=O) groups is 4. The van der Waals surface area contributed by atoms with Crippen molar-refractivity contribution in [1.29, 1.82) is 0 Å². The summed E-state index contributed by atoms with van der Waals surface area (Å²) in [5.41, 5.74) is 2.71. The molecule has 4 aliphatic carbocycles. The molecule has 0 N–H and O–H groups in total. The van der Waals surface area contributed by atoms with Gasteiger partial charge in [0.25, 0.3) is 0 Å². The third-order valence-corrected chi connectivity index (χ3v) is 9.75. The topological polar surface area (TPSA) is 74.8 Å². The Morgan fingerprint density at radius 3 is 1.62 bits per heavy atom. The van der Waals surface area contributed by atoms with Crippen molar-refractivity contribution < 1.29 is 19.2 Å². The standard InChI is InChI=1S/C34H26N2O4/c37-31-27-21-11-12-22(17-21)28(27)32(38)35(31)25-9-3-7-19(15-25)5-1-2-6-20-8-4-10-26(16-20)36-33(39)29-23-13-14-24(18-23)30(29)34(36)40/h1,3-5,7-16,21-24,27-30H,17-18H2/b5-1+. The van der Waals surface area contributed by atoms with E-state index in [9.17, 15) is 19.2 Å². The van der Waals surface area contributed by atoms with Gasteiger partial charge in [0, 0.05) is 5.56 Å². The summed E-state index contributed by atoms with van der Waals surface area (Å²) in [6.45, 7) is 0. The number of nitrogens with zero attached hydrogens (tertiary/aromatic N) is 2. The molecule has 2 aliphatic heterocycles. The van der Waals surface area contributed by atoms with Crippen molar-refractivity contribution in [2.75, 3.05) is 9.80 Å². The lowest BCUT2D eigenvalue weighted by molar-refractivity contribution is -0.124. The Balaban J connectivity index is 0.987. The Morgan fingerprint density at radius 2 is 1.10 bits per heavy atom. The van der Waals surface area contributed by atoms with Crippen LogP contribution in [0.1, 0.15) is 24.0 Å². The zero-order chi connectivity index (χ0) is 27.1. The molecule has 2 saturated carbocycles. The van der Waals surface area contributed by atoms with Crippen molar-refractivity contribution in [3.63, 3.8) is 0 Å². The van der Waals surface area contributed by atoms with Crippen LogP contribution in [0.15, 0.2) is 78.9 Å². The Hall–Kier alpha value is -4.50. The van der Waals surface area contributed by atoms with Crippen molar-refractivity contribution >= 4 is 41.1 Å². The molecule has 2 aromatic rings. The Bertz CT molecular complexity index is 1610. The first kappa shape index (κ1) is 23.4. The highest BCUT2D eigenvalue weighted by Crippen LogP contribution is 2.54. The van der Waals surface area contributed by atoms with E-state index >= 15 is 0 Å². The van der Waals surface area contributed by atoms with E-state index < -0.39 is 0 Å². The van der Waals surface area contributed by atoms with E-state index in [0.717, 1.165) is 18.4 Å². The molecule has 0 spiro atoms. The average molecular weight is 527 g/mol. The number of anilines is 2. The molecule has 40 heavy (non-hydrogen) atoms. The molecule has 8 rings (SSSR count). The highest BCUT2D eigenvalue weighted by molar-refractivity contribution is 6.23. The van der Waals surface area contributed by atoms with Crippen LogP contribution in [0, 0.1) is 59.2 Å². The normalized spacial score (nSPS) is 34.4. The Morgan fingerprint density at radius 1 is 0.625 bits per heavy atom. The average Bonchev–Trinajstić information content (AvgIpc) is 3.80. The molecule has 8 atom stereocenters. The fourth-order valence-corrected chi connectivity index (χ4v) is 8.07. The van der Waals surface area contributed by atoms with Gasteiger partial charge in [-0.25, -0.2) is 9.80 Å². The van der Waals surface area contributed by atoms with E-state index in [0.29, 0.717) is 16.9 Å². The molecule has 6 aliphatic rings. The van der Waals surface area contributed by atoms with Gasteiger partial charge in [0.15, 0.2) is 0 Å². The minimum Gasteiger partial charge on any atom is -0.274 e. The van der Waals surface area contributed by atoms with Crippen LogP contribution in [0.5, 0.6) is 0 Å². The number of amides is 4. The lowest BCUT2D eigenvalue weighted by Gasteiger charge is -2.17. The van der Waals surface area contributed by atoms with Crippen molar-refractivity contribution in [1.82, 2.24) is 0 Å². The maximum absolute atomic E-state index is 13.2. The molecule has 6 nitrogen and oxygen atoms in total. The van der Waals surface area contributed by atoms with Crippen molar-refractivity contribution in [2.45, 2.75) is 12.8 Å². The molecule has 2 aromatic carbocycles. The monoisotopic (exact) mass is 526 g/mol. The fraction of sp³-hybridized carbons (Fsp3) is 0.294. The maximum Gasteiger partial charge on any atom is 0.238 e. The van der Waals surface area contributed by atoms with E-state index in [1.807, 2.05) is 36.4 Å². The van der Waals surface area contributed by atoms with Crippen LogP contribution in [0.3, 0.4) is 0 Å². The second-order valence-electron chi connectivity index (χ2n) is 11.8. The maximum atomic E-state index is 13.2. The molecule has 6 heteroatoms. The Kier molecular flexibility index (Phi) is 4.97. The van der Waals surface area contributed by atoms with Crippen LogP contribution in [0.4, 0.5) is 11.4 Å². The molecular weight excluding hydrogens is 500 g/mol. The van der Waals surface area contributed by atoms with Crippen molar-refractivity contribution in [3.8, 4) is 11.8 Å². The fourth-order valence-electron chi connectivity index (χ4n) is 8.07. The molecule has 0 aromatic heterocycles. The molecule has 4 fully saturated rings.